The fraction of sp³-hybridized carbons (Fsp3) is 0.231. The quantitative estimate of drug-likeness (QED) is 0.345. The van der Waals surface area contributed by atoms with Crippen LogP contribution in [0.5, 0.6) is 11.5 Å². The molecule has 4 heterocycles. The van der Waals surface area contributed by atoms with Gasteiger partial charge in [0.2, 0.25) is 5.65 Å². The zero-order chi connectivity index (χ0) is 23.6. The number of nitrogens with one attached hydrogen (secondary N) is 2. The number of anilines is 1. The molecule has 0 fully saturated rings. The van der Waals surface area contributed by atoms with E-state index in [4.69, 9.17) is 10.5 Å². The van der Waals surface area contributed by atoms with E-state index in [1.165, 1.54) is 5.56 Å². The summed E-state index contributed by atoms with van der Waals surface area (Å²) in [5.41, 5.74) is 11.8. The zero-order valence-corrected chi connectivity index (χ0v) is 19.2. The van der Waals surface area contributed by atoms with E-state index in [0.717, 1.165) is 59.6 Å². The Morgan fingerprint density at radius 1 is 0.971 bits per heavy atom. The first-order valence-corrected chi connectivity index (χ1v) is 11.8. The smallest absolute Gasteiger partial charge is 0.203 e. The molecule has 0 unspecified atom stereocenters. The summed E-state index contributed by atoms with van der Waals surface area (Å²) in [6, 6.07) is 18.3. The number of rotatable bonds is 1. The van der Waals surface area contributed by atoms with E-state index in [9.17, 15) is 0 Å². The summed E-state index contributed by atoms with van der Waals surface area (Å²) in [5, 5.41) is 19.5. The minimum absolute atomic E-state index is 0.0443. The molecule has 6 rings (SSSR count). The van der Waals surface area contributed by atoms with Crippen LogP contribution in [-0.4, -0.2) is 43.3 Å². The SMILES string of the molecule is Nc1cc([C@H]2CCNCCc3cccc(c3)Oc3cccc(c3)Cn3cc2cn3)c2n[nH]nc2n1. The van der Waals surface area contributed by atoms with Gasteiger partial charge < -0.3 is 15.8 Å². The van der Waals surface area contributed by atoms with Crippen molar-refractivity contribution in [1.82, 2.24) is 35.5 Å². The maximum atomic E-state index is 6.16. The lowest BCUT2D eigenvalue weighted by atomic mass is 9.90. The molecule has 176 valence electrons. The average Bonchev–Trinajstić information content (AvgIpc) is 3.51. The Labute approximate surface area is 202 Å². The van der Waals surface area contributed by atoms with Crippen LogP contribution in [-0.2, 0) is 13.0 Å². The molecule has 1 aliphatic heterocycles. The summed E-state index contributed by atoms with van der Waals surface area (Å²) in [4.78, 5) is 4.31. The van der Waals surface area contributed by atoms with Crippen molar-refractivity contribution in [3.63, 3.8) is 0 Å². The first kappa shape index (κ1) is 21.3. The van der Waals surface area contributed by atoms with Gasteiger partial charge in [-0.1, -0.05) is 24.3 Å². The van der Waals surface area contributed by atoms with Gasteiger partial charge in [0.05, 0.1) is 12.7 Å². The third-order valence-electron chi connectivity index (χ3n) is 6.35. The number of benzene rings is 2. The van der Waals surface area contributed by atoms with Gasteiger partial charge in [0.1, 0.15) is 22.8 Å². The molecule has 9 nitrogen and oxygen atoms in total. The van der Waals surface area contributed by atoms with E-state index in [1.54, 1.807) is 0 Å². The Morgan fingerprint density at radius 3 is 2.69 bits per heavy atom. The summed E-state index contributed by atoms with van der Waals surface area (Å²) in [5.74, 6) is 2.13. The molecule has 0 spiro atoms. The molecule has 0 saturated heterocycles. The van der Waals surface area contributed by atoms with Gasteiger partial charge >= 0.3 is 0 Å². The molecule has 6 bridgehead atoms. The number of nitrogens with zero attached hydrogens (tertiary/aromatic N) is 5. The minimum atomic E-state index is 0.0443. The second-order valence-electron chi connectivity index (χ2n) is 8.84. The highest BCUT2D eigenvalue weighted by atomic mass is 16.5. The second-order valence-corrected chi connectivity index (χ2v) is 8.84. The Morgan fingerprint density at radius 2 is 1.80 bits per heavy atom. The molecule has 0 saturated carbocycles. The molecule has 0 radical (unpaired) electrons. The third-order valence-corrected chi connectivity index (χ3v) is 6.35. The molecule has 5 aromatic rings. The van der Waals surface area contributed by atoms with Crippen LogP contribution in [0.15, 0.2) is 67.0 Å². The monoisotopic (exact) mass is 466 g/mol. The number of nitrogens with two attached hydrogens (primary N) is 1. The second kappa shape index (κ2) is 9.19. The van der Waals surface area contributed by atoms with Crippen molar-refractivity contribution < 1.29 is 4.74 Å². The number of fused-ring (bicyclic) bond motifs is 7. The lowest BCUT2D eigenvalue weighted by Crippen LogP contribution is -2.21. The van der Waals surface area contributed by atoms with Crippen LogP contribution in [0.25, 0.3) is 11.2 Å². The molecule has 9 heteroatoms. The molecule has 1 aliphatic rings. The maximum Gasteiger partial charge on any atom is 0.203 e. The van der Waals surface area contributed by atoms with E-state index in [0.29, 0.717) is 18.0 Å². The van der Waals surface area contributed by atoms with Crippen LogP contribution >= 0.6 is 0 Å². The standard InChI is InChI=1S/C26H26N8O/c27-24-13-23(25-26(30-24)32-33-31-25)22-8-10-28-9-7-17-3-1-5-20(11-17)35-21-6-2-4-18(12-21)15-34-16-19(22)14-29-34/h1-6,11-14,16,22,28H,7-10,15H2,(H3,27,30,31,32,33)/t22-/m0/s1. The lowest BCUT2D eigenvalue weighted by molar-refractivity contribution is 0.480. The van der Waals surface area contributed by atoms with Crippen LogP contribution in [0, 0.1) is 0 Å². The van der Waals surface area contributed by atoms with Gasteiger partial charge in [-0.05, 0) is 78.5 Å². The number of aromatic amines is 1. The first-order valence-electron chi connectivity index (χ1n) is 11.8. The van der Waals surface area contributed by atoms with E-state index < -0.39 is 0 Å². The molecule has 1 atom stereocenters. The zero-order valence-electron chi connectivity index (χ0n) is 19.2. The van der Waals surface area contributed by atoms with Gasteiger partial charge in [0.25, 0.3) is 0 Å². The van der Waals surface area contributed by atoms with E-state index in [1.807, 2.05) is 41.2 Å². The lowest BCUT2D eigenvalue weighted by Gasteiger charge is -2.17. The van der Waals surface area contributed by atoms with Crippen molar-refractivity contribution in [3.05, 3.63) is 89.2 Å². The van der Waals surface area contributed by atoms with E-state index in [-0.39, 0.29) is 5.92 Å². The van der Waals surface area contributed by atoms with Crippen LogP contribution in [0.3, 0.4) is 0 Å². The first-order chi connectivity index (χ1) is 17.2. The number of pyridine rings is 1. The van der Waals surface area contributed by atoms with Gasteiger partial charge in [0, 0.05) is 12.1 Å². The highest BCUT2D eigenvalue weighted by Crippen LogP contribution is 2.32. The summed E-state index contributed by atoms with van der Waals surface area (Å²) in [6.45, 7) is 2.33. The minimum Gasteiger partial charge on any atom is -0.457 e. The van der Waals surface area contributed by atoms with Crippen molar-refractivity contribution in [2.75, 3.05) is 18.8 Å². The highest BCUT2D eigenvalue weighted by molar-refractivity contribution is 5.77. The van der Waals surface area contributed by atoms with Gasteiger partial charge in [0.15, 0.2) is 0 Å². The fourth-order valence-corrected chi connectivity index (χ4v) is 4.69. The van der Waals surface area contributed by atoms with E-state index in [2.05, 4.69) is 61.3 Å². The Kier molecular flexibility index (Phi) is 5.59. The predicted molar refractivity (Wildman–Crippen MR) is 133 cm³/mol. The number of nitrogen functional groups attached to an aromatic ring is 1. The number of ether oxygens (including phenoxy) is 1. The van der Waals surface area contributed by atoms with Crippen molar-refractivity contribution >= 4 is 17.0 Å². The summed E-state index contributed by atoms with van der Waals surface area (Å²) in [6.07, 6.45) is 5.80. The number of hydrogen-bond donors (Lipinski definition) is 3. The van der Waals surface area contributed by atoms with Crippen LogP contribution < -0.4 is 15.8 Å². The number of H-pyrrole nitrogens is 1. The summed E-state index contributed by atoms with van der Waals surface area (Å²) >= 11 is 0. The van der Waals surface area contributed by atoms with Crippen LogP contribution in [0.4, 0.5) is 5.82 Å². The molecular weight excluding hydrogens is 440 g/mol. The summed E-state index contributed by atoms with van der Waals surface area (Å²) in [7, 11) is 0. The fourth-order valence-electron chi connectivity index (χ4n) is 4.69. The maximum absolute atomic E-state index is 6.16. The highest BCUT2D eigenvalue weighted by Gasteiger charge is 2.22. The predicted octanol–water partition coefficient (Wildman–Crippen LogP) is 3.64. The third kappa shape index (κ3) is 4.58. The van der Waals surface area contributed by atoms with E-state index >= 15 is 0 Å². The Bertz CT molecular complexity index is 1470. The molecule has 4 N–H and O–H groups in total. The Hall–Kier alpha value is -4.24. The molecular formula is C26H26N8O. The van der Waals surface area contributed by atoms with Crippen molar-refractivity contribution in [2.45, 2.75) is 25.3 Å². The molecule has 35 heavy (non-hydrogen) atoms. The largest absolute Gasteiger partial charge is 0.457 e. The number of aromatic nitrogens is 6. The molecule has 2 aromatic carbocycles. The van der Waals surface area contributed by atoms with Gasteiger partial charge in [-0.15, -0.1) is 5.10 Å². The van der Waals surface area contributed by atoms with Crippen molar-refractivity contribution in [2.24, 2.45) is 0 Å². The molecule has 3 aromatic heterocycles. The van der Waals surface area contributed by atoms with Gasteiger partial charge in [-0.25, -0.2) is 4.98 Å². The number of hydrogen-bond acceptors (Lipinski definition) is 7. The molecule has 0 amide bonds. The Balaban J connectivity index is 1.38. The molecule has 0 aliphatic carbocycles. The van der Waals surface area contributed by atoms with Crippen molar-refractivity contribution in [1.29, 1.82) is 0 Å². The van der Waals surface area contributed by atoms with Gasteiger partial charge in [-0.3, -0.25) is 4.68 Å². The van der Waals surface area contributed by atoms with Gasteiger partial charge in [-0.2, -0.15) is 15.4 Å². The average molecular weight is 467 g/mol. The van der Waals surface area contributed by atoms with Crippen LogP contribution in [0.2, 0.25) is 0 Å². The van der Waals surface area contributed by atoms with Crippen LogP contribution in [0.1, 0.15) is 34.6 Å². The topological polar surface area (TPSA) is 120 Å². The summed E-state index contributed by atoms with van der Waals surface area (Å²) < 4.78 is 8.11. The van der Waals surface area contributed by atoms with Crippen molar-refractivity contribution in [3.8, 4) is 11.5 Å². The normalized spacial score (nSPS) is 16.5.